The van der Waals surface area contributed by atoms with E-state index in [0.29, 0.717) is 18.3 Å². The number of nitrogens with one attached hydrogen (secondary N) is 1. The van der Waals surface area contributed by atoms with E-state index in [4.69, 9.17) is 5.73 Å². The van der Waals surface area contributed by atoms with Crippen molar-refractivity contribution >= 4 is 42.1 Å². The van der Waals surface area contributed by atoms with Crippen LogP contribution in [0.2, 0.25) is 0 Å². The van der Waals surface area contributed by atoms with Crippen LogP contribution in [-0.4, -0.2) is 48.5 Å². The van der Waals surface area contributed by atoms with E-state index < -0.39 is 0 Å². The highest BCUT2D eigenvalue weighted by Crippen LogP contribution is 2.22. The van der Waals surface area contributed by atoms with Crippen molar-refractivity contribution in [3.8, 4) is 0 Å². The molecule has 22 heavy (non-hydrogen) atoms. The van der Waals surface area contributed by atoms with Crippen LogP contribution in [0.5, 0.6) is 0 Å². The number of thiazole rings is 1. The fourth-order valence-electron chi connectivity index (χ4n) is 2.68. The smallest absolute Gasteiger partial charge is 0.270 e. The number of hydrogen-bond acceptors (Lipinski definition) is 5. The molecule has 0 saturated heterocycles. The van der Waals surface area contributed by atoms with Crippen molar-refractivity contribution in [3.63, 3.8) is 0 Å². The maximum Gasteiger partial charge on any atom is 0.270 e. The maximum atomic E-state index is 12.2. The number of halogens is 2. The minimum atomic E-state index is -0.0473. The third-order valence-electron chi connectivity index (χ3n) is 3.85. The van der Waals surface area contributed by atoms with Gasteiger partial charge in [-0.15, -0.1) is 36.2 Å². The summed E-state index contributed by atoms with van der Waals surface area (Å²) in [4.78, 5) is 18.8. The van der Waals surface area contributed by atoms with Crippen LogP contribution in [0.25, 0.3) is 0 Å². The summed E-state index contributed by atoms with van der Waals surface area (Å²) in [5.74, 6) is -0.0473. The average Bonchev–Trinajstić information content (AvgIpc) is 2.88. The molecular formula is C14H26Cl2N4OS. The lowest BCUT2D eigenvalue weighted by Crippen LogP contribution is -2.43. The van der Waals surface area contributed by atoms with Gasteiger partial charge in [0.25, 0.3) is 5.91 Å². The first-order valence-corrected chi connectivity index (χ1v) is 8.10. The van der Waals surface area contributed by atoms with Crippen molar-refractivity contribution in [2.24, 2.45) is 5.73 Å². The minimum absolute atomic E-state index is 0. The number of carbonyl (C=O) groups is 1. The average molecular weight is 369 g/mol. The molecule has 0 spiro atoms. The zero-order chi connectivity index (χ0) is 14.5. The lowest BCUT2D eigenvalue weighted by molar-refractivity contribution is 0.0906. The molecule has 3 N–H and O–H groups in total. The fourth-order valence-corrected chi connectivity index (χ4v) is 3.47. The monoisotopic (exact) mass is 368 g/mol. The third kappa shape index (κ3) is 6.01. The second kappa shape index (κ2) is 10.4. The molecule has 0 bridgehead atoms. The number of amides is 1. The Bertz CT molecular complexity index is 456. The number of carbonyl (C=O) groups excluding carboxylic acids is 1. The van der Waals surface area contributed by atoms with Gasteiger partial charge < -0.3 is 16.0 Å². The molecule has 1 aromatic rings. The van der Waals surface area contributed by atoms with Crippen LogP contribution in [0.4, 0.5) is 0 Å². The van der Waals surface area contributed by atoms with Gasteiger partial charge in [-0.05, 0) is 46.3 Å². The number of aromatic nitrogens is 1. The first kappa shape index (κ1) is 21.6. The van der Waals surface area contributed by atoms with Crippen molar-refractivity contribution in [2.45, 2.75) is 44.2 Å². The first-order chi connectivity index (χ1) is 9.60. The Morgan fingerprint density at radius 2 is 2.18 bits per heavy atom. The molecule has 0 radical (unpaired) electrons. The first-order valence-electron chi connectivity index (χ1n) is 7.22. The van der Waals surface area contributed by atoms with E-state index in [-0.39, 0.29) is 36.8 Å². The molecule has 1 heterocycles. The van der Waals surface area contributed by atoms with Gasteiger partial charge in [-0.2, -0.15) is 0 Å². The number of nitrogens with zero attached hydrogens (tertiary/aromatic N) is 2. The van der Waals surface area contributed by atoms with E-state index in [1.807, 2.05) is 5.38 Å². The van der Waals surface area contributed by atoms with Gasteiger partial charge in [0, 0.05) is 23.9 Å². The Kier molecular flexibility index (Phi) is 10.2. The molecule has 8 heteroatoms. The second-order valence-electron chi connectivity index (χ2n) is 5.62. The summed E-state index contributed by atoms with van der Waals surface area (Å²) in [7, 11) is 4.21. The maximum absolute atomic E-state index is 12.2. The summed E-state index contributed by atoms with van der Waals surface area (Å²) in [5, 5.41) is 5.89. The van der Waals surface area contributed by atoms with Crippen LogP contribution in [0.15, 0.2) is 5.38 Å². The normalized spacial score (nSPS) is 20.9. The van der Waals surface area contributed by atoms with Gasteiger partial charge in [-0.1, -0.05) is 0 Å². The summed E-state index contributed by atoms with van der Waals surface area (Å²) >= 11 is 1.51. The van der Waals surface area contributed by atoms with E-state index in [1.54, 1.807) is 0 Å². The number of hydrogen-bond donors (Lipinski definition) is 2. The molecule has 1 aliphatic rings. The van der Waals surface area contributed by atoms with Crippen LogP contribution in [0.1, 0.15) is 41.2 Å². The molecular weight excluding hydrogens is 343 g/mol. The van der Waals surface area contributed by atoms with Crippen molar-refractivity contribution in [1.29, 1.82) is 0 Å². The molecule has 0 aliphatic heterocycles. The van der Waals surface area contributed by atoms with Gasteiger partial charge in [0.15, 0.2) is 0 Å². The topological polar surface area (TPSA) is 71.2 Å². The van der Waals surface area contributed by atoms with E-state index in [2.05, 4.69) is 29.3 Å². The second-order valence-corrected chi connectivity index (χ2v) is 6.56. The SMILES string of the molecule is CN(C)C1CCCC(NC(=O)c2csc(CCN)n2)C1.Cl.Cl. The third-order valence-corrected chi connectivity index (χ3v) is 4.76. The Morgan fingerprint density at radius 3 is 2.82 bits per heavy atom. The zero-order valence-corrected chi connectivity index (χ0v) is 15.5. The van der Waals surface area contributed by atoms with Crippen LogP contribution in [0.3, 0.4) is 0 Å². The predicted molar refractivity (Wildman–Crippen MR) is 96.6 cm³/mol. The summed E-state index contributed by atoms with van der Waals surface area (Å²) < 4.78 is 0. The van der Waals surface area contributed by atoms with Gasteiger partial charge >= 0.3 is 0 Å². The Labute approximate surface area is 148 Å². The quantitative estimate of drug-likeness (QED) is 0.834. The van der Waals surface area contributed by atoms with E-state index in [9.17, 15) is 4.79 Å². The molecule has 2 unspecified atom stereocenters. The number of nitrogens with two attached hydrogens (primary N) is 1. The fraction of sp³-hybridized carbons (Fsp3) is 0.714. The molecule has 1 aliphatic carbocycles. The minimum Gasteiger partial charge on any atom is -0.348 e. The molecule has 128 valence electrons. The number of rotatable bonds is 5. The lowest BCUT2D eigenvalue weighted by atomic mass is 9.90. The summed E-state index contributed by atoms with van der Waals surface area (Å²) in [6.45, 7) is 0.571. The molecule has 1 fully saturated rings. The molecule has 5 nitrogen and oxygen atoms in total. The standard InChI is InChI=1S/C14H24N4OS.2ClH/c1-18(2)11-5-3-4-10(8-11)16-14(19)12-9-20-13(17-12)6-7-15;;/h9-11H,3-8,15H2,1-2H3,(H,16,19);2*1H. The van der Waals surface area contributed by atoms with Crippen molar-refractivity contribution in [1.82, 2.24) is 15.2 Å². The van der Waals surface area contributed by atoms with Gasteiger partial charge in [-0.25, -0.2) is 4.98 Å². The van der Waals surface area contributed by atoms with Crippen LogP contribution < -0.4 is 11.1 Å². The van der Waals surface area contributed by atoms with Crippen LogP contribution in [0, 0.1) is 0 Å². The highest BCUT2D eigenvalue weighted by Gasteiger charge is 2.25. The van der Waals surface area contributed by atoms with Crippen LogP contribution >= 0.6 is 36.2 Å². The van der Waals surface area contributed by atoms with Gasteiger partial charge in [-0.3, -0.25) is 4.79 Å². The summed E-state index contributed by atoms with van der Waals surface area (Å²) in [5.41, 5.74) is 6.03. The van der Waals surface area contributed by atoms with E-state index in [0.717, 1.165) is 24.3 Å². The Balaban J connectivity index is 0.00000220. The summed E-state index contributed by atoms with van der Waals surface area (Å²) in [6, 6.07) is 0.834. The van der Waals surface area contributed by atoms with Crippen molar-refractivity contribution in [2.75, 3.05) is 20.6 Å². The van der Waals surface area contributed by atoms with E-state index in [1.165, 1.54) is 24.2 Å². The zero-order valence-electron chi connectivity index (χ0n) is 13.1. The molecule has 2 rings (SSSR count). The molecule has 1 aromatic heterocycles. The van der Waals surface area contributed by atoms with Crippen molar-refractivity contribution < 1.29 is 4.79 Å². The van der Waals surface area contributed by atoms with E-state index >= 15 is 0 Å². The molecule has 1 amide bonds. The summed E-state index contributed by atoms with van der Waals surface area (Å²) in [6.07, 6.45) is 5.22. The van der Waals surface area contributed by atoms with Gasteiger partial charge in [0.05, 0.1) is 5.01 Å². The lowest BCUT2D eigenvalue weighted by Gasteiger charge is -2.33. The predicted octanol–water partition coefficient (Wildman–Crippen LogP) is 2.09. The highest BCUT2D eigenvalue weighted by molar-refractivity contribution is 7.09. The molecule has 0 aromatic carbocycles. The van der Waals surface area contributed by atoms with Crippen LogP contribution in [-0.2, 0) is 6.42 Å². The highest BCUT2D eigenvalue weighted by atomic mass is 35.5. The molecule has 1 saturated carbocycles. The Morgan fingerprint density at radius 1 is 1.45 bits per heavy atom. The van der Waals surface area contributed by atoms with Crippen molar-refractivity contribution in [3.05, 3.63) is 16.1 Å². The largest absolute Gasteiger partial charge is 0.348 e. The van der Waals surface area contributed by atoms with Gasteiger partial charge in [0.2, 0.25) is 0 Å². The molecule has 2 atom stereocenters. The van der Waals surface area contributed by atoms with Gasteiger partial charge in [0.1, 0.15) is 5.69 Å². The Hall–Kier alpha value is -0.400.